The van der Waals surface area contributed by atoms with E-state index in [9.17, 15) is 9.59 Å². The van der Waals surface area contributed by atoms with Crippen molar-refractivity contribution >= 4 is 17.6 Å². The number of pyridine rings is 2. The van der Waals surface area contributed by atoms with Gasteiger partial charge in [0, 0.05) is 51.7 Å². The maximum atomic E-state index is 12.7. The van der Waals surface area contributed by atoms with E-state index in [0.29, 0.717) is 49.8 Å². The zero-order valence-corrected chi connectivity index (χ0v) is 16.3. The van der Waals surface area contributed by atoms with Crippen molar-refractivity contribution in [3.8, 4) is 0 Å². The average molecular weight is 395 g/mol. The van der Waals surface area contributed by atoms with Crippen molar-refractivity contribution in [2.24, 2.45) is 0 Å². The van der Waals surface area contributed by atoms with Gasteiger partial charge in [-0.05, 0) is 37.1 Å². The summed E-state index contributed by atoms with van der Waals surface area (Å²) >= 11 is 0. The van der Waals surface area contributed by atoms with Crippen molar-refractivity contribution in [3.05, 3.63) is 54.0 Å². The largest absolute Gasteiger partial charge is 0.376 e. The minimum Gasteiger partial charge on any atom is -0.376 e. The number of ether oxygens (including phenoxy) is 1. The van der Waals surface area contributed by atoms with Gasteiger partial charge >= 0.3 is 0 Å². The summed E-state index contributed by atoms with van der Waals surface area (Å²) in [4.78, 5) is 37.7. The zero-order chi connectivity index (χ0) is 20.1. The molecule has 152 valence electrons. The van der Waals surface area contributed by atoms with Crippen LogP contribution in [-0.2, 0) is 4.74 Å². The van der Waals surface area contributed by atoms with E-state index in [1.54, 1.807) is 41.6 Å². The Kier molecular flexibility index (Phi) is 6.00. The van der Waals surface area contributed by atoms with Crippen LogP contribution in [0.2, 0.25) is 0 Å². The van der Waals surface area contributed by atoms with Gasteiger partial charge < -0.3 is 19.9 Å². The fourth-order valence-corrected chi connectivity index (χ4v) is 3.71. The third kappa shape index (κ3) is 4.54. The molecule has 2 aromatic heterocycles. The molecule has 2 aliphatic heterocycles. The van der Waals surface area contributed by atoms with Crippen LogP contribution in [0.25, 0.3) is 0 Å². The Balaban J connectivity index is 1.38. The van der Waals surface area contributed by atoms with Gasteiger partial charge in [0.25, 0.3) is 11.8 Å². The van der Waals surface area contributed by atoms with E-state index in [1.165, 1.54) is 0 Å². The molecule has 0 bridgehead atoms. The first kappa shape index (κ1) is 19.3. The highest BCUT2D eigenvalue weighted by atomic mass is 16.5. The van der Waals surface area contributed by atoms with Crippen LogP contribution in [0, 0.1) is 0 Å². The van der Waals surface area contributed by atoms with Crippen LogP contribution in [0.15, 0.2) is 42.7 Å². The van der Waals surface area contributed by atoms with Crippen molar-refractivity contribution in [2.45, 2.75) is 18.9 Å². The van der Waals surface area contributed by atoms with Gasteiger partial charge in [0.05, 0.1) is 11.7 Å². The monoisotopic (exact) mass is 395 g/mol. The molecule has 2 saturated heterocycles. The lowest BCUT2D eigenvalue weighted by Gasteiger charge is -2.35. The van der Waals surface area contributed by atoms with Crippen molar-refractivity contribution in [3.63, 3.8) is 0 Å². The first-order valence-electron chi connectivity index (χ1n) is 10.0. The highest BCUT2D eigenvalue weighted by molar-refractivity contribution is 5.99. The summed E-state index contributed by atoms with van der Waals surface area (Å²) < 4.78 is 5.57. The molecule has 0 aliphatic carbocycles. The average Bonchev–Trinajstić information content (AvgIpc) is 3.31. The van der Waals surface area contributed by atoms with Gasteiger partial charge in [-0.25, -0.2) is 4.98 Å². The van der Waals surface area contributed by atoms with Crippen LogP contribution in [-0.4, -0.2) is 72.1 Å². The Morgan fingerprint density at radius 3 is 2.62 bits per heavy atom. The molecule has 0 radical (unpaired) electrons. The van der Waals surface area contributed by atoms with Crippen LogP contribution in [0.5, 0.6) is 0 Å². The molecule has 1 N–H and O–H groups in total. The number of carbonyl (C=O) groups excluding carboxylic acids is 2. The zero-order valence-electron chi connectivity index (χ0n) is 16.3. The third-order valence-electron chi connectivity index (χ3n) is 5.30. The summed E-state index contributed by atoms with van der Waals surface area (Å²) in [7, 11) is 0. The van der Waals surface area contributed by atoms with Crippen LogP contribution < -0.4 is 10.2 Å². The molecule has 8 nitrogen and oxygen atoms in total. The number of hydrogen-bond acceptors (Lipinski definition) is 6. The summed E-state index contributed by atoms with van der Waals surface area (Å²) in [5, 5.41) is 2.97. The van der Waals surface area contributed by atoms with E-state index >= 15 is 0 Å². The summed E-state index contributed by atoms with van der Waals surface area (Å²) in [6, 6.07) is 8.89. The van der Waals surface area contributed by atoms with E-state index in [2.05, 4.69) is 20.2 Å². The Bertz CT molecular complexity index is 846. The van der Waals surface area contributed by atoms with Crippen LogP contribution in [0.3, 0.4) is 0 Å². The SMILES string of the molecule is O=C(NCC1CCCO1)c1cccnc1N1CCN(C(=O)c2ccccn2)CC1. The molecule has 0 aromatic carbocycles. The normalized spacial score (nSPS) is 19.2. The van der Waals surface area contributed by atoms with Gasteiger partial charge in [-0.3, -0.25) is 14.6 Å². The standard InChI is InChI=1S/C21H25N5O3/c27-20(24-15-16-5-4-14-29-16)17-6-3-9-23-19(17)25-10-12-26(13-11-25)21(28)18-7-1-2-8-22-18/h1-3,6-9,16H,4-5,10-15H2,(H,24,27). The van der Waals surface area contributed by atoms with Crippen molar-refractivity contribution in [1.29, 1.82) is 0 Å². The first-order valence-corrected chi connectivity index (χ1v) is 10.0. The Morgan fingerprint density at radius 2 is 1.90 bits per heavy atom. The molecule has 0 spiro atoms. The van der Waals surface area contributed by atoms with Crippen LogP contribution in [0.4, 0.5) is 5.82 Å². The topological polar surface area (TPSA) is 87.7 Å². The Morgan fingerprint density at radius 1 is 1.07 bits per heavy atom. The second-order valence-electron chi connectivity index (χ2n) is 7.21. The molecule has 4 heterocycles. The molecule has 1 atom stereocenters. The van der Waals surface area contributed by atoms with Gasteiger partial charge in [-0.15, -0.1) is 0 Å². The van der Waals surface area contributed by atoms with Gasteiger partial charge in [-0.1, -0.05) is 6.07 Å². The lowest BCUT2D eigenvalue weighted by Crippen LogP contribution is -2.49. The number of carbonyl (C=O) groups is 2. The van der Waals surface area contributed by atoms with Crippen molar-refractivity contribution in [2.75, 3.05) is 44.2 Å². The molecule has 1 unspecified atom stereocenters. The highest BCUT2D eigenvalue weighted by Gasteiger charge is 2.26. The lowest BCUT2D eigenvalue weighted by molar-refractivity contribution is 0.0739. The van der Waals surface area contributed by atoms with Gasteiger partial charge in [0.2, 0.25) is 0 Å². The summed E-state index contributed by atoms with van der Waals surface area (Å²) in [5.41, 5.74) is 1.00. The molecule has 2 aliphatic rings. The predicted molar refractivity (Wildman–Crippen MR) is 108 cm³/mol. The van der Waals surface area contributed by atoms with Crippen LogP contribution >= 0.6 is 0 Å². The summed E-state index contributed by atoms with van der Waals surface area (Å²) in [5.74, 6) is 0.443. The fourth-order valence-electron chi connectivity index (χ4n) is 3.71. The fraction of sp³-hybridized carbons (Fsp3) is 0.429. The maximum Gasteiger partial charge on any atom is 0.272 e. The highest BCUT2D eigenvalue weighted by Crippen LogP contribution is 2.20. The molecular weight excluding hydrogens is 370 g/mol. The third-order valence-corrected chi connectivity index (χ3v) is 5.30. The molecule has 2 aromatic rings. The Labute approximate surface area is 169 Å². The van der Waals surface area contributed by atoms with Crippen LogP contribution in [0.1, 0.15) is 33.7 Å². The molecule has 8 heteroatoms. The smallest absolute Gasteiger partial charge is 0.272 e. The predicted octanol–water partition coefficient (Wildman–Crippen LogP) is 1.35. The van der Waals surface area contributed by atoms with E-state index in [4.69, 9.17) is 4.74 Å². The van der Waals surface area contributed by atoms with E-state index < -0.39 is 0 Å². The van der Waals surface area contributed by atoms with Gasteiger partial charge in [0.15, 0.2) is 0 Å². The summed E-state index contributed by atoms with van der Waals surface area (Å²) in [6.07, 6.45) is 5.43. The van der Waals surface area contributed by atoms with E-state index in [1.807, 2.05) is 6.07 Å². The molecule has 2 amide bonds. The minimum absolute atomic E-state index is 0.0687. The van der Waals surface area contributed by atoms with Gasteiger partial charge in [-0.2, -0.15) is 0 Å². The van der Waals surface area contributed by atoms with E-state index in [-0.39, 0.29) is 17.9 Å². The van der Waals surface area contributed by atoms with Crippen molar-refractivity contribution in [1.82, 2.24) is 20.2 Å². The molecule has 4 rings (SSSR count). The number of hydrogen-bond donors (Lipinski definition) is 1. The molecule has 2 fully saturated rings. The summed E-state index contributed by atoms with van der Waals surface area (Å²) in [6.45, 7) is 3.62. The number of anilines is 1. The number of nitrogens with zero attached hydrogens (tertiary/aromatic N) is 4. The number of amides is 2. The number of aromatic nitrogens is 2. The minimum atomic E-state index is -0.143. The number of nitrogens with one attached hydrogen (secondary N) is 1. The van der Waals surface area contributed by atoms with E-state index in [0.717, 1.165) is 19.4 Å². The molecule has 29 heavy (non-hydrogen) atoms. The second kappa shape index (κ2) is 9.00. The van der Waals surface area contributed by atoms with Gasteiger partial charge in [0.1, 0.15) is 11.5 Å². The maximum absolute atomic E-state index is 12.7. The lowest BCUT2D eigenvalue weighted by atomic mass is 10.2. The molecule has 0 saturated carbocycles. The Hall–Kier alpha value is -3.00. The number of piperazine rings is 1. The number of rotatable bonds is 5. The van der Waals surface area contributed by atoms with Crippen molar-refractivity contribution < 1.29 is 14.3 Å². The quantitative estimate of drug-likeness (QED) is 0.822. The second-order valence-corrected chi connectivity index (χ2v) is 7.21. The molecular formula is C21H25N5O3. The first-order chi connectivity index (χ1) is 14.2.